The Morgan fingerprint density at radius 3 is 2.52 bits per heavy atom. The molecule has 1 aromatic carbocycles. The van der Waals surface area contributed by atoms with Crippen LogP contribution in [-0.2, 0) is 0 Å². The van der Waals surface area contributed by atoms with E-state index in [0.717, 1.165) is 16.7 Å². The molecule has 0 amide bonds. The number of ether oxygens (including phenoxy) is 1. The second-order valence-electron chi connectivity index (χ2n) is 4.23. The molecule has 0 aliphatic carbocycles. The smallest absolute Gasteiger partial charge is 0.406 e. The van der Waals surface area contributed by atoms with Gasteiger partial charge in [-0.3, -0.25) is 14.2 Å². The summed E-state index contributed by atoms with van der Waals surface area (Å²) in [5, 5.41) is 0. The van der Waals surface area contributed by atoms with Crippen molar-refractivity contribution in [2.24, 2.45) is 0 Å². The molecule has 0 aliphatic heterocycles. The molecule has 1 aromatic heterocycles. The summed E-state index contributed by atoms with van der Waals surface area (Å²) in [5.41, 5.74) is -0.0225. The molecule has 0 fully saturated rings. The van der Waals surface area contributed by atoms with Crippen molar-refractivity contribution in [1.82, 2.24) is 4.57 Å². The molecule has 0 radical (unpaired) electrons. The second kappa shape index (κ2) is 5.43. The molecule has 0 bridgehead atoms. The molecular weight excluding hydrogens is 287 g/mol. The van der Waals surface area contributed by atoms with E-state index in [1.807, 2.05) is 0 Å². The van der Waals surface area contributed by atoms with Gasteiger partial charge in [0.15, 0.2) is 5.78 Å². The van der Waals surface area contributed by atoms with Gasteiger partial charge < -0.3 is 4.74 Å². The van der Waals surface area contributed by atoms with Crippen LogP contribution in [0.1, 0.15) is 17.3 Å². The van der Waals surface area contributed by atoms with Crippen LogP contribution in [0.4, 0.5) is 13.2 Å². The minimum atomic E-state index is -4.81. The van der Waals surface area contributed by atoms with Gasteiger partial charge in [-0.25, -0.2) is 0 Å². The van der Waals surface area contributed by atoms with E-state index in [0.29, 0.717) is 0 Å². The average molecular weight is 297 g/mol. The van der Waals surface area contributed by atoms with Crippen LogP contribution in [0.2, 0.25) is 0 Å². The highest BCUT2D eigenvalue weighted by Crippen LogP contribution is 2.24. The van der Waals surface area contributed by atoms with Gasteiger partial charge >= 0.3 is 6.36 Å². The van der Waals surface area contributed by atoms with Crippen LogP contribution in [0.3, 0.4) is 0 Å². The quantitative estimate of drug-likeness (QED) is 0.818. The zero-order valence-corrected chi connectivity index (χ0v) is 10.8. The number of rotatable bonds is 3. The Morgan fingerprint density at radius 2 is 1.90 bits per heavy atom. The van der Waals surface area contributed by atoms with Crippen LogP contribution >= 0.6 is 0 Å². The van der Waals surface area contributed by atoms with Gasteiger partial charge in [-0.15, -0.1) is 13.2 Å². The normalized spacial score (nSPS) is 11.2. The fraction of sp³-hybridized carbons (Fsp3) is 0.143. The highest BCUT2D eigenvalue weighted by molar-refractivity contribution is 5.93. The number of carbonyl (C=O) groups is 1. The predicted octanol–water partition coefficient (Wildman–Crippen LogP) is 2.94. The minimum Gasteiger partial charge on any atom is -0.406 e. The molecule has 21 heavy (non-hydrogen) atoms. The molecule has 0 aliphatic rings. The van der Waals surface area contributed by atoms with Crippen LogP contribution in [0, 0.1) is 0 Å². The van der Waals surface area contributed by atoms with Gasteiger partial charge in [-0.05, 0) is 25.1 Å². The maximum Gasteiger partial charge on any atom is 0.573 e. The third-order valence-electron chi connectivity index (χ3n) is 2.65. The van der Waals surface area contributed by atoms with Crippen LogP contribution in [0.25, 0.3) is 5.69 Å². The number of ketones is 1. The monoisotopic (exact) mass is 297 g/mol. The van der Waals surface area contributed by atoms with Crippen LogP contribution in [0.5, 0.6) is 5.75 Å². The molecule has 4 nitrogen and oxygen atoms in total. The second-order valence-corrected chi connectivity index (χ2v) is 4.23. The predicted molar refractivity (Wildman–Crippen MR) is 68.7 cm³/mol. The lowest BCUT2D eigenvalue weighted by atomic mass is 10.2. The summed E-state index contributed by atoms with van der Waals surface area (Å²) >= 11 is 0. The largest absolute Gasteiger partial charge is 0.573 e. The summed E-state index contributed by atoms with van der Waals surface area (Å²) < 4.78 is 41.5. The van der Waals surface area contributed by atoms with E-state index < -0.39 is 17.7 Å². The van der Waals surface area contributed by atoms with Crippen LogP contribution in [-0.4, -0.2) is 16.7 Å². The van der Waals surface area contributed by atoms with Crippen LogP contribution < -0.4 is 10.3 Å². The first-order valence-electron chi connectivity index (χ1n) is 5.86. The molecule has 7 heteroatoms. The van der Waals surface area contributed by atoms with E-state index in [2.05, 4.69) is 4.74 Å². The Labute approximate surface area is 117 Å². The van der Waals surface area contributed by atoms with Gasteiger partial charge in [0.05, 0.1) is 5.69 Å². The standard InChI is InChI=1S/C14H10F3NO3/c1-9(19)10-5-6-13(20)18(8-10)11-3-2-4-12(7-11)21-14(15,16)17/h2-8H,1H3. The first-order chi connectivity index (χ1) is 9.76. The molecule has 0 spiro atoms. The van der Waals surface area contributed by atoms with E-state index in [9.17, 15) is 22.8 Å². The average Bonchev–Trinajstić information content (AvgIpc) is 2.37. The molecule has 0 saturated heterocycles. The fourth-order valence-electron chi connectivity index (χ4n) is 1.73. The number of alkyl halides is 3. The van der Waals surface area contributed by atoms with Crippen LogP contribution in [0.15, 0.2) is 47.4 Å². The van der Waals surface area contributed by atoms with Crippen molar-refractivity contribution in [2.45, 2.75) is 13.3 Å². The number of Topliss-reactive ketones (excluding diaryl/α,β-unsaturated/α-hetero) is 1. The summed E-state index contributed by atoms with van der Waals surface area (Å²) in [4.78, 5) is 23.1. The molecule has 0 saturated carbocycles. The number of carbonyl (C=O) groups excluding carboxylic acids is 1. The summed E-state index contributed by atoms with van der Waals surface area (Å²) in [6.07, 6.45) is -3.54. The number of nitrogens with zero attached hydrogens (tertiary/aromatic N) is 1. The number of pyridine rings is 1. The number of hydrogen-bond acceptors (Lipinski definition) is 3. The third kappa shape index (κ3) is 3.71. The molecule has 0 N–H and O–H groups in total. The van der Waals surface area contributed by atoms with Gasteiger partial charge in [-0.1, -0.05) is 6.07 Å². The topological polar surface area (TPSA) is 48.3 Å². The van der Waals surface area contributed by atoms with Gasteiger partial charge in [0.1, 0.15) is 5.75 Å². The Bertz CT molecular complexity index is 735. The molecule has 0 unspecified atom stereocenters. The summed E-state index contributed by atoms with van der Waals surface area (Å²) in [5.74, 6) is -0.702. The van der Waals surface area contributed by atoms with E-state index in [-0.39, 0.29) is 17.0 Å². The van der Waals surface area contributed by atoms with Crippen molar-refractivity contribution in [1.29, 1.82) is 0 Å². The van der Waals surface area contributed by atoms with Gasteiger partial charge in [0.2, 0.25) is 0 Å². The zero-order chi connectivity index (χ0) is 15.6. The zero-order valence-electron chi connectivity index (χ0n) is 10.8. The van der Waals surface area contributed by atoms with Crippen molar-refractivity contribution >= 4 is 5.78 Å². The first kappa shape index (κ1) is 14.8. The lowest BCUT2D eigenvalue weighted by Crippen LogP contribution is -2.19. The molecule has 0 atom stereocenters. The summed E-state index contributed by atoms with van der Waals surface area (Å²) in [6, 6.07) is 7.48. The lowest BCUT2D eigenvalue weighted by molar-refractivity contribution is -0.274. The van der Waals surface area contributed by atoms with Gasteiger partial charge in [-0.2, -0.15) is 0 Å². The highest BCUT2D eigenvalue weighted by atomic mass is 19.4. The number of halogens is 3. The Hall–Kier alpha value is -2.57. The van der Waals surface area contributed by atoms with Gasteiger partial charge in [0.25, 0.3) is 5.56 Å². The maximum atomic E-state index is 12.2. The molecule has 2 aromatic rings. The molecular formula is C14H10F3NO3. The maximum absolute atomic E-state index is 12.2. The Kier molecular flexibility index (Phi) is 3.84. The number of hydrogen-bond donors (Lipinski definition) is 0. The van der Waals surface area contributed by atoms with Crippen molar-refractivity contribution in [3.63, 3.8) is 0 Å². The molecule has 110 valence electrons. The summed E-state index contributed by atoms with van der Waals surface area (Å²) in [7, 11) is 0. The SMILES string of the molecule is CC(=O)c1ccc(=O)n(-c2cccc(OC(F)(F)F)c2)c1. The van der Waals surface area contributed by atoms with E-state index in [1.165, 1.54) is 37.4 Å². The summed E-state index contributed by atoms with van der Waals surface area (Å²) in [6.45, 7) is 1.33. The molecule has 1 heterocycles. The Morgan fingerprint density at radius 1 is 1.19 bits per heavy atom. The van der Waals surface area contributed by atoms with Crippen molar-refractivity contribution in [3.8, 4) is 11.4 Å². The molecule has 2 rings (SSSR count). The van der Waals surface area contributed by atoms with E-state index in [1.54, 1.807) is 0 Å². The fourth-order valence-corrected chi connectivity index (χ4v) is 1.73. The van der Waals surface area contributed by atoms with Crippen molar-refractivity contribution < 1.29 is 22.7 Å². The van der Waals surface area contributed by atoms with E-state index >= 15 is 0 Å². The highest BCUT2D eigenvalue weighted by Gasteiger charge is 2.31. The Balaban J connectivity index is 2.47. The van der Waals surface area contributed by atoms with Crippen molar-refractivity contribution in [2.75, 3.05) is 0 Å². The number of aromatic nitrogens is 1. The van der Waals surface area contributed by atoms with Crippen molar-refractivity contribution in [3.05, 3.63) is 58.5 Å². The first-order valence-corrected chi connectivity index (χ1v) is 5.86. The third-order valence-corrected chi connectivity index (χ3v) is 2.65. The lowest BCUT2D eigenvalue weighted by Gasteiger charge is -2.11. The minimum absolute atomic E-state index is 0.171. The van der Waals surface area contributed by atoms with Gasteiger partial charge in [0, 0.05) is 23.9 Å². The van der Waals surface area contributed by atoms with E-state index in [4.69, 9.17) is 0 Å². The number of benzene rings is 1.